The first-order chi connectivity index (χ1) is 7.31. The second-order valence-electron chi connectivity index (χ2n) is 4.03. The molecule has 1 saturated heterocycles. The normalized spacial score (nSPS) is 20.4. The Morgan fingerprint density at radius 1 is 1.47 bits per heavy atom. The average molecular weight is 210 g/mol. The Balaban J connectivity index is 2.05. The van der Waals surface area contributed by atoms with Crippen molar-refractivity contribution >= 4 is 0 Å². The highest BCUT2D eigenvalue weighted by Gasteiger charge is 2.22. The van der Waals surface area contributed by atoms with Gasteiger partial charge in [0.1, 0.15) is 0 Å². The molecule has 1 fully saturated rings. The van der Waals surface area contributed by atoms with Crippen molar-refractivity contribution in [1.29, 1.82) is 0 Å². The van der Waals surface area contributed by atoms with Gasteiger partial charge in [0.05, 0.1) is 6.04 Å². The van der Waals surface area contributed by atoms with Crippen molar-refractivity contribution in [3.63, 3.8) is 0 Å². The summed E-state index contributed by atoms with van der Waals surface area (Å²) in [6, 6.07) is 0.157. The monoisotopic (exact) mass is 210 g/mol. The first kappa shape index (κ1) is 10.6. The number of nitrogens with one attached hydrogen (secondary N) is 2. The fourth-order valence-electron chi connectivity index (χ4n) is 1.79. The summed E-state index contributed by atoms with van der Waals surface area (Å²) in [4.78, 5) is 4.44. The molecule has 1 aromatic rings. The Bertz CT molecular complexity index is 306. The van der Waals surface area contributed by atoms with Crippen molar-refractivity contribution in [2.24, 2.45) is 0 Å². The molecule has 2 N–H and O–H groups in total. The van der Waals surface area contributed by atoms with E-state index < -0.39 is 0 Å². The number of rotatable bonds is 3. The van der Waals surface area contributed by atoms with Crippen LogP contribution in [0.5, 0.6) is 0 Å². The van der Waals surface area contributed by atoms with E-state index in [1.807, 2.05) is 14.0 Å². The van der Waals surface area contributed by atoms with Crippen LogP contribution in [0.15, 0.2) is 4.52 Å². The van der Waals surface area contributed by atoms with Gasteiger partial charge in [-0.05, 0) is 39.9 Å². The zero-order valence-electron chi connectivity index (χ0n) is 9.29. The molecule has 5 nitrogen and oxygen atoms in total. The summed E-state index contributed by atoms with van der Waals surface area (Å²) in [5.74, 6) is 2.00. The number of hydrogen-bond donors (Lipinski definition) is 2. The van der Waals surface area contributed by atoms with Crippen LogP contribution in [0.25, 0.3) is 0 Å². The van der Waals surface area contributed by atoms with Crippen LogP contribution in [0.3, 0.4) is 0 Å². The predicted molar refractivity (Wildman–Crippen MR) is 56.6 cm³/mol. The molecule has 5 heteroatoms. The molecule has 84 valence electrons. The van der Waals surface area contributed by atoms with E-state index in [2.05, 4.69) is 20.8 Å². The largest absolute Gasteiger partial charge is 0.339 e. The smallest absolute Gasteiger partial charge is 0.229 e. The molecule has 0 amide bonds. The molecule has 0 bridgehead atoms. The van der Waals surface area contributed by atoms with Crippen LogP contribution in [-0.4, -0.2) is 30.3 Å². The van der Waals surface area contributed by atoms with Crippen LogP contribution in [-0.2, 0) is 0 Å². The molecule has 2 rings (SSSR count). The third-order valence-corrected chi connectivity index (χ3v) is 2.97. The molecule has 1 atom stereocenters. The molecular formula is C10H18N4O. The van der Waals surface area contributed by atoms with Crippen LogP contribution in [0.1, 0.15) is 43.4 Å². The zero-order chi connectivity index (χ0) is 10.7. The quantitative estimate of drug-likeness (QED) is 0.773. The SMILES string of the molecule is CNC(C)c1noc(C2CCNCC2)n1. The summed E-state index contributed by atoms with van der Waals surface area (Å²) in [5, 5.41) is 10.4. The van der Waals surface area contributed by atoms with Crippen LogP contribution in [0.2, 0.25) is 0 Å². The van der Waals surface area contributed by atoms with E-state index in [1.165, 1.54) is 0 Å². The summed E-state index contributed by atoms with van der Waals surface area (Å²) in [6.45, 7) is 4.12. The van der Waals surface area contributed by atoms with Crippen LogP contribution < -0.4 is 10.6 Å². The first-order valence-electron chi connectivity index (χ1n) is 5.52. The fraction of sp³-hybridized carbons (Fsp3) is 0.800. The molecule has 1 aliphatic heterocycles. The van der Waals surface area contributed by atoms with Gasteiger partial charge in [-0.2, -0.15) is 4.98 Å². The van der Waals surface area contributed by atoms with Crippen molar-refractivity contribution in [1.82, 2.24) is 20.8 Å². The van der Waals surface area contributed by atoms with Gasteiger partial charge in [-0.15, -0.1) is 0 Å². The molecule has 0 aromatic carbocycles. The van der Waals surface area contributed by atoms with Crippen molar-refractivity contribution < 1.29 is 4.52 Å². The molecule has 1 aliphatic rings. The highest BCUT2D eigenvalue weighted by molar-refractivity contribution is 4.98. The van der Waals surface area contributed by atoms with Crippen molar-refractivity contribution in [2.75, 3.05) is 20.1 Å². The molecular weight excluding hydrogens is 192 g/mol. The minimum absolute atomic E-state index is 0.157. The van der Waals surface area contributed by atoms with Gasteiger partial charge in [-0.3, -0.25) is 0 Å². The lowest BCUT2D eigenvalue weighted by molar-refractivity contribution is 0.316. The van der Waals surface area contributed by atoms with Gasteiger partial charge in [-0.25, -0.2) is 0 Å². The second-order valence-corrected chi connectivity index (χ2v) is 4.03. The number of aromatic nitrogens is 2. The topological polar surface area (TPSA) is 63.0 Å². The molecule has 0 radical (unpaired) electrons. The molecule has 0 aliphatic carbocycles. The lowest BCUT2D eigenvalue weighted by Crippen LogP contribution is -2.26. The molecule has 0 saturated carbocycles. The van der Waals surface area contributed by atoms with E-state index in [-0.39, 0.29) is 6.04 Å². The van der Waals surface area contributed by atoms with Crippen molar-refractivity contribution in [3.8, 4) is 0 Å². The lowest BCUT2D eigenvalue weighted by Gasteiger charge is -2.18. The minimum atomic E-state index is 0.157. The third kappa shape index (κ3) is 2.35. The summed E-state index contributed by atoms with van der Waals surface area (Å²) in [5.41, 5.74) is 0. The maximum absolute atomic E-state index is 5.30. The molecule has 2 heterocycles. The fourth-order valence-corrected chi connectivity index (χ4v) is 1.79. The summed E-state index contributed by atoms with van der Waals surface area (Å²) >= 11 is 0. The van der Waals surface area contributed by atoms with Crippen LogP contribution >= 0.6 is 0 Å². The zero-order valence-corrected chi connectivity index (χ0v) is 9.29. The first-order valence-corrected chi connectivity index (χ1v) is 5.52. The maximum Gasteiger partial charge on any atom is 0.229 e. The van der Waals surface area contributed by atoms with Crippen LogP contribution in [0.4, 0.5) is 0 Å². The number of piperidine rings is 1. The Kier molecular flexibility index (Phi) is 3.33. The van der Waals surface area contributed by atoms with E-state index in [4.69, 9.17) is 4.52 Å². The predicted octanol–water partition coefficient (Wildman–Crippen LogP) is 0.817. The Hall–Kier alpha value is -0.940. The van der Waals surface area contributed by atoms with E-state index in [0.717, 1.165) is 37.6 Å². The lowest BCUT2D eigenvalue weighted by atomic mass is 9.98. The van der Waals surface area contributed by atoms with E-state index >= 15 is 0 Å². The number of hydrogen-bond acceptors (Lipinski definition) is 5. The van der Waals surface area contributed by atoms with Gasteiger partial charge in [0, 0.05) is 5.92 Å². The maximum atomic E-state index is 5.30. The Morgan fingerprint density at radius 3 is 2.87 bits per heavy atom. The van der Waals surface area contributed by atoms with Gasteiger partial charge in [0.25, 0.3) is 0 Å². The van der Waals surface area contributed by atoms with Crippen molar-refractivity contribution in [2.45, 2.75) is 31.7 Å². The Morgan fingerprint density at radius 2 is 2.20 bits per heavy atom. The summed E-state index contributed by atoms with van der Waals surface area (Å²) in [7, 11) is 1.89. The molecule has 1 unspecified atom stereocenters. The second kappa shape index (κ2) is 4.72. The molecule has 15 heavy (non-hydrogen) atoms. The van der Waals surface area contributed by atoms with E-state index in [1.54, 1.807) is 0 Å². The van der Waals surface area contributed by atoms with Gasteiger partial charge in [0.2, 0.25) is 5.89 Å². The summed E-state index contributed by atoms with van der Waals surface area (Å²) < 4.78 is 5.30. The molecule has 0 spiro atoms. The number of nitrogens with zero attached hydrogens (tertiary/aromatic N) is 2. The minimum Gasteiger partial charge on any atom is -0.339 e. The van der Waals surface area contributed by atoms with E-state index in [9.17, 15) is 0 Å². The summed E-state index contributed by atoms with van der Waals surface area (Å²) in [6.07, 6.45) is 2.19. The average Bonchev–Trinajstić information content (AvgIpc) is 2.78. The van der Waals surface area contributed by atoms with Gasteiger partial charge >= 0.3 is 0 Å². The highest BCUT2D eigenvalue weighted by atomic mass is 16.5. The van der Waals surface area contributed by atoms with Gasteiger partial charge in [0.15, 0.2) is 5.82 Å². The van der Waals surface area contributed by atoms with Gasteiger partial charge < -0.3 is 15.2 Å². The standard InChI is InChI=1S/C10H18N4O/c1-7(11-2)9-13-10(15-14-9)8-3-5-12-6-4-8/h7-8,11-12H,3-6H2,1-2H3. The van der Waals surface area contributed by atoms with E-state index in [0.29, 0.717) is 5.92 Å². The Labute approximate surface area is 89.6 Å². The third-order valence-electron chi connectivity index (χ3n) is 2.97. The van der Waals surface area contributed by atoms with Crippen molar-refractivity contribution in [3.05, 3.63) is 11.7 Å². The van der Waals surface area contributed by atoms with Crippen LogP contribution in [0, 0.1) is 0 Å². The highest BCUT2D eigenvalue weighted by Crippen LogP contribution is 2.24. The van der Waals surface area contributed by atoms with Gasteiger partial charge in [-0.1, -0.05) is 5.16 Å². The molecule has 1 aromatic heterocycles.